The molecular weight excluding hydrogens is 220 g/mol. The Labute approximate surface area is 115 Å². The van der Waals surface area contributed by atoms with Crippen molar-refractivity contribution in [3.8, 4) is 0 Å². The van der Waals surface area contributed by atoms with Crippen molar-refractivity contribution in [2.45, 2.75) is 103 Å². The normalized spacial score (nSPS) is 12.8. The van der Waals surface area contributed by atoms with Gasteiger partial charge in [0.05, 0.1) is 0 Å². The van der Waals surface area contributed by atoms with Gasteiger partial charge in [-0.25, -0.2) is 0 Å². The monoisotopic (exact) mass is 256 g/mol. The Kier molecular flexibility index (Phi) is 14.9. The molecular formula is C16H36N2. The van der Waals surface area contributed by atoms with Gasteiger partial charge in [0.15, 0.2) is 0 Å². The zero-order valence-corrected chi connectivity index (χ0v) is 12.8. The number of nitrogens with one attached hydrogen (secondary N) is 1. The van der Waals surface area contributed by atoms with E-state index < -0.39 is 0 Å². The second-order valence-electron chi connectivity index (χ2n) is 5.62. The lowest BCUT2D eigenvalue weighted by Crippen LogP contribution is -2.34. The molecule has 0 aromatic carbocycles. The Morgan fingerprint density at radius 1 is 0.667 bits per heavy atom. The second-order valence-corrected chi connectivity index (χ2v) is 5.62. The van der Waals surface area contributed by atoms with Crippen molar-refractivity contribution in [2.75, 3.05) is 0 Å². The first-order chi connectivity index (χ1) is 8.85. The van der Waals surface area contributed by atoms with Crippen LogP contribution in [0.15, 0.2) is 0 Å². The van der Waals surface area contributed by atoms with Crippen molar-refractivity contribution in [3.63, 3.8) is 0 Å². The van der Waals surface area contributed by atoms with E-state index in [0.29, 0.717) is 6.04 Å². The Hall–Kier alpha value is -0.0800. The predicted octanol–water partition coefficient (Wildman–Crippen LogP) is 4.93. The highest BCUT2D eigenvalue weighted by Crippen LogP contribution is 2.12. The fourth-order valence-electron chi connectivity index (χ4n) is 2.54. The maximum atomic E-state index is 5.53. The summed E-state index contributed by atoms with van der Waals surface area (Å²) in [5, 5.41) is 0. The van der Waals surface area contributed by atoms with E-state index in [4.69, 9.17) is 5.84 Å². The summed E-state index contributed by atoms with van der Waals surface area (Å²) in [6, 6.07) is 0.545. The highest BCUT2D eigenvalue weighted by Gasteiger charge is 2.03. The van der Waals surface area contributed by atoms with Crippen LogP contribution in [0.25, 0.3) is 0 Å². The van der Waals surface area contributed by atoms with Gasteiger partial charge < -0.3 is 0 Å². The van der Waals surface area contributed by atoms with Crippen LogP contribution in [0.2, 0.25) is 0 Å². The van der Waals surface area contributed by atoms with Gasteiger partial charge in [0.2, 0.25) is 0 Å². The quantitative estimate of drug-likeness (QED) is 0.263. The number of hydrogen-bond donors (Lipinski definition) is 2. The molecule has 0 heterocycles. The third kappa shape index (κ3) is 12.4. The number of unbranched alkanes of at least 4 members (excludes halogenated alkanes) is 9. The molecule has 110 valence electrons. The van der Waals surface area contributed by atoms with Gasteiger partial charge in [-0.15, -0.1) is 0 Å². The second kappa shape index (κ2) is 15.0. The van der Waals surface area contributed by atoms with Crippen molar-refractivity contribution >= 4 is 0 Å². The maximum Gasteiger partial charge on any atom is 0.0210 e. The van der Waals surface area contributed by atoms with E-state index >= 15 is 0 Å². The molecule has 0 aliphatic heterocycles. The third-order valence-corrected chi connectivity index (χ3v) is 3.78. The molecule has 0 rings (SSSR count). The van der Waals surface area contributed by atoms with Gasteiger partial charge in [-0.05, 0) is 12.8 Å². The first-order valence-corrected chi connectivity index (χ1v) is 8.31. The van der Waals surface area contributed by atoms with Gasteiger partial charge in [0.1, 0.15) is 0 Å². The standard InChI is InChI=1S/C16H36N2/c1-3-5-6-7-8-9-10-11-12-13-15-16(18-17)14-4-2/h16,18H,3-15,17H2,1-2H3. The lowest BCUT2D eigenvalue weighted by atomic mass is 10.0. The van der Waals surface area contributed by atoms with Crippen LogP contribution in [0.4, 0.5) is 0 Å². The third-order valence-electron chi connectivity index (χ3n) is 3.78. The summed E-state index contributed by atoms with van der Waals surface area (Å²) in [6.45, 7) is 4.50. The van der Waals surface area contributed by atoms with Crippen LogP contribution in [0.1, 0.15) is 97.3 Å². The average molecular weight is 256 g/mol. The van der Waals surface area contributed by atoms with Gasteiger partial charge in [0, 0.05) is 6.04 Å². The molecule has 0 amide bonds. The smallest absolute Gasteiger partial charge is 0.0210 e. The van der Waals surface area contributed by atoms with Gasteiger partial charge >= 0.3 is 0 Å². The van der Waals surface area contributed by atoms with Crippen molar-refractivity contribution in [1.82, 2.24) is 5.43 Å². The summed E-state index contributed by atoms with van der Waals surface area (Å²) < 4.78 is 0. The van der Waals surface area contributed by atoms with E-state index in [-0.39, 0.29) is 0 Å². The molecule has 1 atom stereocenters. The van der Waals surface area contributed by atoms with Crippen molar-refractivity contribution in [3.05, 3.63) is 0 Å². The van der Waals surface area contributed by atoms with Crippen LogP contribution in [-0.4, -0.2) is 6.04 Å². The topological polar surface area (TPSA) is 38.0 Å². The Morgan fingerprint density at radius 3 is 1.61 bits per heavy atom. The Bertz CT molecular complexity index is 148. The minimum absolute atomic E-state index is 0.545. The minimum Gasteiger partial charge on any atom is -0.271 e. The van der Waals surface area contributed by atoms with E-state index in [1.165, 1.54) is 83.5 Å². The number of rotatable bonds is 14. The molecule has 2 heteroatoms. The minimum atomic E-state index is 0.545. The number of hydrazine groups is 1. The van der Waals surface area contributed by atoms with Gasteiger partial charge in [-0.3, -0.25) is 11.3 Å². The van der Waals surface area contributed by atoms with E-state index in [2.05, 4.69) is 19.3 Å². The predicted molar refractivity (Wildman–Crippen MR) is 82.5 cm³/mol. The van der Waals surface area contributed by atoms with E-state index in [1.54, 1.807) is 0 Å². The highest BCUT2D eigenvalue weighted by molar-refractivity contribution is 4.62. The van der Waals surface area contributed by atoms with Crippen LogP contribution in [0.5, 0.6) is 0 Å². The molecule has 1 unspecified atom stereocenters. The molecule has 3 N–H and O–H groups in total. The summed E-state index contributed by atoms with van der Waals surface area (Å²) in [4.78, 5) is 0. The first kappa shape index (κ1) is 17.9. The highest BCUT2D eigenvalue weighted by atomic mass is 15.2. The Balaban J connectivity index is 3.10. The number of hydrogen-bond acceptors (Lipinski definition) is 2. The fourth-order valence-corrected chi connectivity index (χ4v) is 2.54. The van der Waals surface area contributed by atoms with Crippen molar-refractivity contribution in [1.29, 1.82) is 0 Å². The molecule has 0 saturated carbocycles. The summed E-state index contributed by atoms with van der Waals surface area (Å²) >= 11 is 0. The van der Waals surface area contributed by atoms with Crippen LogP contribution in [0.3, 0.4) is 0 Å². The zero-order chi connectivity index (χ0) is 13.5. The number of nitrogens with two attached hydrogens (primary N) is 1. The summed E-state index contributed by atoms with van der Waals surface area (Å²) in [5.74, 6) is 5.53. The van der Waals surface area contributed by atoms with Gasteiger partial charge in [-0.2, -0.15) is 0 Å². The van der Waals surface area contributed by atoms with E-state index in [1.807, 2.05) is 0 Å². The average Bonchev–Trinajstić information content (AvgIpc) is 2.39. The molecule has 0 aromatic heterocycles. The van der Waals surface area contributed by atoms with E-state index in [9.17, 15) is 0 Å². The van der Waals surface area contributed by atoms with E-state index in [0.717, 1.165) is 0 Å². The SMILES string of the molecule is CCCCCCCCCCCCC(CCC)NN. The first-order valence-electron chi connectivity index (χ1n) is 8.31. The van der Waals surface area contributed by atoms with Crippen LogP contribution >= 0.6 is 0 Å². The summed E-state index contributed by atoms with van der Waals surface area (Å²) in [5.41, 5.74) is 2.93. The van der Waals surface area contributed by atoms with Crippen molar-refractivity contribution in [2.24, 2.45) is 5.84 Å². The lowest BCUT2D eigenvalue weighted by molar-refractivity contribution is 0.434. The maximum absolute atomic E-state index is 5.53. The van der Waals surface area contributed by atoms with Gasteiger partial charge in [-0.1, -0.05) is 84.5 Å². The summed E-state index contributed by atoms with van der Waals surface area (Å²) in [7, 11) is 0. The largest absolute Gasteiger partial charge is 0.271 e. The van der Waals surface area contributed by atoms with Crippen LogP contribution in [-0.2, 0) is 0 Å². The summed E-state index contributed by atoms with van der Waals surface area (Å²) in [6.07, 6.45) is 17.8. The molecule has 0 bridgehead atoms. The fraction of sp³-hybridized carbons (Fsp3) is 1.00. The van der Waals surface area contributed by atoms with Gasteiger partial charge in [0.25, 0.3) is 0 Å². The Morgan fingerprint density at radius 2 is 1.17 bits per heavy atom. The molecule has 2 nitrogen and oxygen atoms in total. The van der Waals surface area contributed by atoms with Crippen LogP contribution < -0.4 is 11.3 Å². The molecule has 0 fully saturated rings. The van der Waals surface area contributed by atoms with Crippen LogP contribution in [0, 0.1) is 0 Å². The van der Waals surface area contributed by atoms with Crippen molar-refractivity contribution < 1.29 is 0 Å². The molecule has 0 radical (unpaired) electrons. The zero-order valence-electron chi connectivity index (χ0n) is 12.8. The molecule has 0 saturated heterocycles. The lowest BCUT2D eigenvalue weighted by Gasteiger charge is -2.14. The molecule has 0 aliphatic carbocycles. The molecule has 0 aliphatic rings. The molecule has 0 spiro atoms. The molecule has 18 heavy (non-hydrogen) atoms. The molecule has 0 aromatic rings.